The van der Waals surface area contributed by atoms with Crippen LogP contribution in [0.3, 0.4) is 0 Å². The summed E-state index contributed by atoms with van der Waals surface area (Å²) in [6.45, 7) is 8.30. The zero-order valence-electron chi connectivity index (χ0n) is 15.2. The molecule has 5 nitrogen and oxygen atoms in total. The Morgan fingerprint density at radius 2 is 2.00 bits per heavy atom. The molecule has 136 valence electrons. The molecule has 23 heavy (non-hydrogen) atoms. The second kappa shape index (κ2) is 9.16. The molecule has 2 N–H and O–H groups in total. The molecule has 0 aliphatic heterocycles. The van der Waals surface area contributed by atoms with Gasteiger partial charge in [-0.3, -0.25) is 4.99 Å². The largest absolute Gasteiger partial charge is 0.357 e. The summed E-state index contributed by atoms with van der Waals surface area (Å²) in [4.78, 5) is 4.47. The number of sulfone groups is 1. The van der Waals surface area contributed by atoms with Crippen LogP contribution in [0.15, 0.2) is 4.99 Å². The van der Waals surface area contributed by atoms with Crippen molar-refractivity contribution in [3.05, 3.63) is 0 Å². The quantitative estimate of drug-likeness (QED) is 0.560. The fourth-order valence-electron chi connectivity index (χ4n) is 2.59. The summed E-state index contributed by atoms with van der Waals surface area (Å²) in [5.74, 6) is 0.828. The molecule has 7 heteroatoms. The molecular weight excluding hydrogens is 330 g/mol. The van der Waals surface area contributed by atoms with Crippen LogP contribution in [0.1, 0.15) is 53.4 Å². The Labute approximate surface area is 146 Å². The van der Waals surface area contributed by atoms with Crippen LogP contribution in [0, 0.1) is 0 Å². The number of aliphatic imine (C=N–C) groups is 1. The first-order valence-electron chi connectivity index (χ1n) is 8.49. The Hall–Kier alpha value is -0.430. The van der Waals surface area contributed by atoms with Crippen LogP contribution >= 0.6 is 11.8 Å². The molecule has 0 aromatic heterocycles. The second-order valence-corrected chi connectivity index (χ2v) is 11.1. The highest BCUT2D eigenvalue weighted by Gasteiger charge is 2.28. The lowest BCUT2D eigenvalue weighted by atomic mass is 9.95. The van der Waals surface area contributed by atoms with E-state index in [0.29, 0.717) is 17.8 Å². The van der Waals surface area contributed by atoms with E-state index in [9.17, 15) is 8.42 Å². The van der Waals surface area contributed by atoms with E-state index in [1.165, 1.54) is 12.8 Å². The van der Waals surface area contributed by atoms with Gasteiger partial charge in [0.15, 0.2) is 15.8 Å². The molecule has 0 radical (unpaired) electrons. The molecule has 1 saturated carbocycles. The van der Waals surface area contributed by atoms with E-state index in [-0.39, 0.29) is 5.75 Å². The van der Waals surface area contributed by atoms with Crippen molar-refractivity contribution in [2.45, 2.75) is 69.4 Å². The van der Waals surface area contributed by atoms with E-state index in [2.05, 4.69) is 21.9 Å². The fraction of sp³-hybridized carbons (Fsp3) is 0.938. The normalized spacial score (nSPS) is 23.6. The molecule has 2 unspecified atom stereocenters. The van der Waals surface area contributed by atoms with Crippen molar-refractivity contribution in [1.29, 1.82) is 0 Å². The molecule has 0 aromatic carbocycles. The third kappa shape index (κ3) is 6.91. The standard InChI is InChI=1S/C16H33N3O2S2/c1-6-17-15(18-10-11-23(20,21)16(2,3)4)19-13-8-7-9-14(12-13)22-5/h13-14H,6-12H2,1-5H3,(H2,17,18,19). The summed E-state index contributed by atoms with van der Waals surface area (Å²) in [7, 11) is -3.12. The summed E-state index contributed by atoms with van der Waals surface area (Å²) in [5.41, 5.74) is 0. The lowest BCUT2D eigenvalue weighted by Gasteiger charge is -2.30. The highest BCUT2D eigenvalue weighted by molar-refractivity contribution is 7.99. The molecule has 0 spiro atoms. The lowest BCUT2D eigenvalue weighted by molar-refractivity contribution is 0.419. The number of rotatable bonds is 6. The van der Waals surface area contributed by atoms with Gasteiger partial charge in [-0.25, -0.2) is 8.42 Å². The van der Waals surface area contributed by atoms with Crippen molar-refractivity contribution in [3.8, 4) is 0 Å². The zero-order chi connectivity index (χ0) is 17.5. The summed E-state index contributed by atoms with van der Waals surface area (Å²) in [5, 5.41) is 7.42. The van der Waals surface area contributed by atoms with Gasteiger partial charge in [-0.15, -0.1) is 0 Å². The smallest absolute Gasteiger partial charge is 0.191 e. The number of hydrogen-bond donors (Lipinski definition) is 2. The third-order valence-electron chi connectivity index (χ3n) is 4.21. The number of nitrogens with one attached hydrogen (secondary N) is 2. The van der Waals surface area contributed by atoms with Gasteiger partial charge < -0.3 is 10.6 Å². The van der Waals surface area contributed by atoms with Crippen molar-refractivity contribution in [2.75, 3.05) is 25.1 Å². The van der Waals surface area contributed by atoms with Gasteiger partial charge >= 0.3 is 0 Å². The minimum Gasteiger partial charge on any atom is -0.357 e. The van der Waals surface area contributed by atoms with Crippen LogP contribution < -0.4 is 10.6 Å². The first-order valence-corrected chi connectivity index (χ1v) is 11.4. The Balaban J connectivity index is 2.60. The number of hydrogen-bond acceptors (Lipinski definition) is 4. The van der Waals surface area contributed by atoms with Crippen LogP contribution in [0.4, 0.5) is 0 Å². The van der Waals surface area contributed by atoms with Gasteiger partial charge in [-0.2, -0.15) is 11.8 Å². The van der Waals surface area contributed by atoms with Crippen molar-refractivity contribution < 1.29 is 8.42 Å². The minimum atomic E-state index is -3.12. The van der Waals surface area contributed by atoms with E-state index in [0.717, 1.165) is 25.3 Å². The molecule has 0 bridgehead atoms. The molecule has 0 heterocycles. The molecule has 1 aliphatic rings. The Bertz CT molecular complexity index is 484. The van der Waals surface area contributed by atoms with Gasteiger partial charge in [0, 0.05) is 17.8 Å². The number of nitrogens with zero attached hydrogens (tertiary/aromatic N) is 1. The van der Waals surface area contributed by atoms with Gasteiger partial charge in [0.1, 0.15) is 0 Å². The van der Waals surface area contributed by atoms with Gasteiger partial charge in [-0.05, 0) is 53.2 Å². The maximum absolute atomic E-state index is 12.2. The zero-order valence-corrected chi connectivity index (χ0v) is 16.8. The van der Waals surface area contributed by atoms with Crippen molar-refractivity contribution in [2.24, 2.45) is 4.99 Å². The summed E-state index contributed by atoms with van der Waals surface area (Å²) < 4.78 is 23.6. The van der Waals surface area contributed by atoms with Gasteiger partial charge in [0.05, 0.1) is 17.0 Å². The monoisotopic (exact) mass is 363 g/mol. The molecule has 0 amide bonds. The average Bonchev–Trinajstić information content (AvgIpc) is 2.46. The molecule has 1 fully saturated rings. The van der Waals surface area contributed by atoms with E-state index >= 15 is 0 Å². The van der Waals surface area contributed by atoms with Gasteiger partial charge in [0.2, 0.25) is 0 Å². The van der Waals surface area contributed by atoms with Crippen molar-refractivity contribution >= 4 is 27.6 Å². The van der Waals surface area contributed by atoms with E-state index in [1.807, 2.05) is 18.7 Å². The van der Waals surface area contributed by atoms with Crippen molar-refractivity contribution in [1.82, 2.24) is 10.6 Å². The van der Waals surface area contributed by atoms with Crippen molar-refractivity contribution in [3.63, 3.8) is 0 Å². The Morgan fingerprint density at radius 1 is 1.30 bits per heavy atom. The fourth-order valence-corrected chi connectivity index (χ4v) is 4.36. The van der Waals surface area contributed by atoms with Gasteiger partial charge in [-0.1, -0.05) is 6.42 Å². The summed E-state index contributed by atoms with van der Waals surface area (Å²) in [6, 6.07) is 0.429. The van der Waals surface area contributed by atoms with Gasteiger partial charge in [0.25, 0.3) is 0 Å². The maximum atomic E-state index is 12.2. The highest BCUT2D eigenvalue weighted by Crippen LogP contribution is 2.26. The van der Waals surface area contributed by atoms with E-state index < -0.39 is 14.6 Å². The first-order chi connectivity index (χ1) is 10.7. The van der Waals surface area contributed by atoms with Crippen LogP contribution in [-0.4, -0.2) is 55.5 Å². The minimum absolute atomic E-state index is 0.0885. The predicted octanol–water partition coefficient (Wildman–Crippen LogP) is 2.43. The van der Waals surface area contributed by atoms with Crippen LogP contribution in [0.2, 0.25) is 0 Å². The summed E-state index contributed by atoms with van der Waals surface area (Å²) in [6.07, 6.45) is 7.00. The topological polar surface area (TPSA) is 70.6 Å². The summed E-state index contributed by atoms with van der Waals surface area (Å²) >= 11 is 1.93. The Morgan fingerprint density at radius 3 is 2.57 bits per heavy atom. The van der Waals surface area contributed by atoms with E-state index in [4.69, 9.17) is 0 Å². The number of thioether (sulfide) groups is 1. The average molecular weight is 364 g/mol. The molecule has 1 aliphatic carbocycles. The Kier molecular flexibility index (Phi) is 8.21. The SMILES string of the molecule is CCNC(=NCCS(=O)(=O)C(C)(C)C)NC1CCCC(SC)C1. The molecular formula is C16H33N3O2S2. The highest BCUT2D eigenvalue weighted by atomic mass is 32.2. The molecule has 0 aromatic rings. The predicted molar refractivity (Wildman–Crippen MR) is 102 cm³/mol. The van der Waals surface area contributed by atoms with Crippen LogP contribution in [0.5, 0.6) is 0 Å². The van der Waals surface area contributed by atoms with Crippen LogP contribution in [-0.2, 0) is 9.84 Å². The van der Waals surface area contributed by atoms with E-state index in [1.54, 1.807) is 20.8 Å². The third-order valence-corrected chi connectivity index (χ3v) is 7.89. The first kappa shape index (κ1) is 20.6. The number of guanidine groups is 1. The second-order valence-electron chi connectivity index (χ2n) is 7.06. The molecule has 2 atom stereocenters. The van der Waals surface area contributed by atoms with Crippen LogP contribution in [0.25, 0.3) is 0 Å². The molecule has 1 rings (SSSR count). The molecule has 0 saturated heterocycles. The lowest BCUT2D eigenvalue weighted by Crippen LogP contribution is -2.46. The maximum Gasteiger partial charge on any atom is 0.191 e.